The van der Waals surface area contributed by atoms with Crippen molar-refractivity contribution in [2.24, 2.45) is 0 Å². The summed E-state index contributed by atoms with van der Waals surface area (Å²) in [6.45, 7) is 7.41. The first-order chi connectivity index (χ1) is 6.77. The predicted octanol–water partition coefficient (Wildman–Crippen LogP) is 1.76. The standard InChI is InChI=1S/C11H23NO2/c1-3-12-8-6-10-14-9-5-4-7-11(2)13/h12H,3-10H2,1-2H3. The molecule has 0 aromatic carbocycles. The number of nitrogens with one attached hydrogen (secondary N) is 1. The number of Topliss-reactive ketones (excluding diaryl/α,β-unsaturated/α-hetero) is 1. The number of rotatable bonds is 10. The predicted molar refractivity (Wildman–Crippen MR) is 58.5 cm³/mol. The third-order valence-corrected chi connectivity index (χ3v) is 1.96. The Morgan fingerprint density at radius 2 is 1.93 bits per heavy atom. The van der Waals surface area contributed by atoms with E-state index >= 15 is 0 Å². The van der Waals surface area contributed by atoms with Crippen molar-refractivity contribution in [3.8, 4) is 0 Å². The highest BCUT2D eigenvalue weighted by molar-refractivity contribution is 5.75. The van der Waals surface area contributed by atoms with Crippen LogP contribution in [0.2, 0.25) is 0 Å². The van der Waals surface area contributed by atoms with Crippen molar-refractivity contribution < 1.29 is 9.53 Å². The molecule has 3 heteroatoms. The van der Waals surface area contributed by atoms with E-state index in [1.54, 1.807) is 6.92 Å². The summed E-state index contributed by atoms with van der Waals surface area (Å²) in [6, 6.07) is 0. The number of hydrogen-bond acceptors (Lipinski definition) is 3. The lowest BCUT2D eigenvalue weighted by Gasteiger charge is -2.03. The van der Waals surface area contributed by atoms with Gasteiger partial charge in [0.15, 0.2) is 0 Å². The highest BCUT2D eigenvalue weighted by Gasteiger charge is 1.93. The van der Waals surface area contributed by atoms with E-state index in [4.69, 9.17) is 4.74 Å². The molecule has 1 N–H and O–H groups in total. The van der Waals surface area contributed by atoms with Crippen molar-refractivity contribution in [3.05, 3.63) is 0 Å². The highest BCUT2D eigenvalue weighted by atomic mass is 16.5. The van der Waals surface area contributed by atoms with Crippen molar-refractivity contribution in [1.82, 2.24) is 5.32 Å². The molecule has 0 aliphatic heterocycles. The van der Waals surface area contributed by atoms with Crippen molar-refractivity contribution >= 4 is 5.78 Å². The number of ether oxygens (including phenoxy) is 1. The third kappa shape index (κ3) is 11.6. The van der Waals surface area contributed by atoms with Gasteiger partial charge in [-0.1, -0.05) is 6.92 Å². The minimum Gasteiger partial charge on any atom is -0.381 e. The van der Waals surface area contributed by atoms with Gasteiger partial charge in [-0.25, -0.2) is 0 Å². The Bertz CT molecular complexity index is 137. The third-order valence-electron chi connectivity index (χ3n) is 1.96. The first-order valence-corrected chi connectivity index (χ1v) is 5.55. The molecule has 3 nitrogen and oxygen atoms in total. The smallest absolute Gasteiger partial charge is 0.129 e. The lowest BCUT2D eigenvalue weighted by Crippen LogP contribution is -2.15. The summed E-state index contributed by atoms with van der Waals surface area (Å²) in [5.74, 6) is 0.275. The number of hydrogen-bond donors (Lipinski definition) is 1. The molecule has 0 bridgehead atoms. The van der Waals surface area contributed by atoms with Crippen LogP contribution in [0.3, 0.4) is 0 Å². The Morgan fingerprint density at radius 3 is 2.57 bits per heavy atom. The van der Waals surface area contributed by atoms with Crippen LogP contribution in [0.4, 0.5) is 0 Å². The fourth-order valence-corrected chi connectivity index (χ4v) is 1.16. The molecule has 0 amide bonds. The van der Waals surface area contributed by atoms with Crippen LogP contribution in [0, 0.1) is 0 Å². The first kappa shape index (κ1) is 13.6. The molecule has 0 saturated carbocycles. The van der Waals surface area contributed by atoms with Gasteiger partial charge in [0.05, 0.1) is 0 Å². The van der Waals surface area contributed by atoms with Gasteiger partial charge in [-0.2, -0.15) is 0 Å². The van der Waals surface area contributed by atoms with Gasteiger partial charge in [-0.05, 0) is 39.3 Å². The first-order valence-electron chi connectivity index (χ1n) is 5.55. The summed E-state index contributed by atoms with van der Waals surface area (Å²) in [5.41, 5.74) is 0. The van der Waals surface area contributed by atoms with Crippen LogP contribution < -0.4 is 5.32 Å². The monoisotopic (exact) mass is 201 g/mol. The minimum absolute atomic E-state index is 0.275. The Labute approximate surface area is 87.2 Å². The molecule has 0 rings (SSSR count). The van der Waals surface area contributed by atoms with Crippen LogP contribution in [0.5, 0.6) is 0 Å². The van der Waals surface area contributed by atoms with Crippen LogP contribution in [0.25, 0.3) is 0 Å². The van der Waals surface area contributed by atoms with E-state index in [9.17, 15) is 4.79 Å². The second kappa shape index (κ2) is 10.7. The van der Waals surface area contributed by atoms with Crippen molar-refractivity contribution in [2.75, 3.05) is 26.3 Å². The summed E-state index contributed by atoms with van der Waals surface area (Å²) in [5, 5.41) is 3.24. The number of carbonyl (C=O) groups is 1. The molecule has 0 aromatic rings. The van der Waals surface area contributed by atoms with Crippen LogP contribution in [0.1, 0.15) is 39.5 Å². The average Bonchev–Trinajstić information content (AvgIpc) is 2.15. The van der Waals surface area contributed by atoms with Gasteiger partial charge in [0.2, 0.25) is 0 Å². The molecular weight excluding hydrogens is 178 g/mol. The highest BCUT2D eigenvalue weighted by Crippen LogP contribution is 1.96. The lowest BCUT2D eigenvalue weighted by molar-refractivity contribution is -0.117. The molecule has 0 spiro atoms. The Morgan fingerprint density at radius 1 is 1.21 bits per heavy atom. The molecule has 0 aromatic heterocycles. The lowest BCUT2D eigenvalue weighted by atomic mass is 10.2. The van der Waals surface area contributed by atoms with Crippen LogP contribution >= 0.6 is 0 Å². The van der Waals surface area contributed by atoms with Crippen molar-refractivity contribution in [3.63, 3.8) is 0 Å². The van der Waals surface area contributed by atoms with E-state index in [0.29, 0.717) is 6.42 Å². The van der Waals surface area contributed by atoms with Gasteiger partial charge in [0.25, 0.3) is 0 Å². The molecule has 0 unspecified atom stereocenters. The number of ketones is 1. The quantitative estimate of drug-likeness (QED) is 0.547. The zero-order valence-electron chi connectivity index (χ0n) is 9.47. The normalized spacial score (nSPS) is 10.4. The second-order valence-corrected chi connectivity index (χ2v) is 3.48. The number of unbranched alkanes of at least 4 members (excludes halogenated alkanes) is 1. The van der Waals surface area contributed by atoms with Gasteiger partial charge < -0.3 is 14.8 Å². The zero-order chi connectivity index (χ0) is 10.6. The molecule has 84 valence electrons. The number of carbonyl (C=O) groups excluding carboxylic acids is 1. The van der Waals surface area contributed by atoms with Crippen molar-refractivity contribution in [1.29, 1.82) is 0 Å². The molecular formula is C11H23NO2. The Kier molecular flexibility index (Phi) is 10.4. The molecule has 0 aliphatic carbocycles. The maximum absolute atomic E-state index is 10.6. The van der Waals surface area contributed by atoms with E-state index in [1.807, 2.05) is 0 Å². The molecule has 0 aliphatic rings. The maximum Gasteiger partial charge on any atom is 0.129 e. The van der Waals surface area contributed by atoms with Gasteiger partial charge in [-0.15, -0.1) is 0 Å². The summed E-state index contributed by atoms with van der Waals surface area (Å²) in [7, 11) is 0. The van der Waals surface area contributed by atoms with E-state index in [2.05, 4.69) is 12.2 Å². The van der Waals surface area contributed by atoms with Gasteiger partial charge >= 0.3 is 0 Å². The molecule has 14 heavy (non-hydrogen) atoms. The Hall–Kier alpha value is -0.410. The average molecular weight is 201 g/mol. The van der Waals surface area contributed by atoms with Gasteiger partial charge in [-0.3, -0.25) is 0 Å². The topological polar surface area (TPSA) is 38.3 Å². The summed E-state index contributed by atoms with van der Waals surface area (Å²) in [4.78, 5) is 10.6. The van der Waals surface area contributed by atoms with E-state index < -0.39 is 0 Å². The van der Waals surface area contributed by atoms with E-state index in [0.717, 1.165) is 45.6 Å². The zero-order valence-corrected chi connectivity index (χ0v) is 9.47. The molecule has 0 saturated heterocycles. The SMILES string of the molecule is CCNCCCOCCCCC(C)=O. The van der Waals surface area contributed by atoms with Crippen LogP contribution in [0.15, 0.2) is 0 Å². The molecule has 0 radical (unpaired) electrons. The largest absolute Gasteiger partial charge is 0.381 e. The second-order valence-electron chi connectivity index (χ2n) is 3.48. The summed E-state index contributed by atoms with van der Waals surface area (Å²) in [6.07, 6.45) is 3.73. The summed E-state index contributed by atoms with van der Waals surface area (Å²) >= 11 is 0. The Balaban J connectivity index is 2.88. The van der Waals surface area contributed by atoms with Gasteiger partial charge in [0.1, 0.15) is 5.78 Å². The van der Waals surface area contributed by atoms with E-state index in [-0.39, 0.29) is 5.78 Å². The molecule has 0 atom stereocenters. The minimum atomic E-state index is 0.275. The summed E-state index contributed by atoms with van der Waals surface area (Å²) < 4.78 is 5.41. The molecule has 0 fully saturated rings. The van der Waals surface area contributed by atoms with E-state index in [1.165, 1.54) is 0 Å². The fraction of sp³-hybridized carbons (Fsp3) is 0.909. The van der Waals surface area contributed by atoms with Crippen LogP contribution in [-0.4, -0.2) is 32.1 Å². The maximum atomic E-state index is 10.6. The van der Waals surface area contributed by atoms with Gasteiger partial charge in [0, 0.05) is 19.6 Å². The fourth-order valence-electron chi connectivity index (χ4n) is 1.16. The van der Waals surface area contributed by atoms with Crippen LogP contribution in [-0.2, 0) is 9.53 Å². The van der Waals surface area contributed by atoms with Crippen molar-refractivity contribution in [2.45, 2.75) is 39.5 Å². The molecule has 0 heterocycles.